The summed E-state index contributed by atoms with van der Waals surface area (Å²) in [6.07, 6.45) is 0.637. The molecule has 0 aliphatic carbocycles. The molecule has 0 bridgehead atoms. The number of thiol groups is 1. The molecule has 84 valence electrons. The predicted molar refractivity (Wildman–Crippen MR) is 61.6 cm³/mol. The lowest BCUT2D eigenvalue weighted by Crippen LogP contribution is -2.39. The molecular weight excluding hydrogens is 198 g/mol. The largest absolute Gasteiger partial charge is 0.396 e. The highest BCUT2D eigenvalue weighted by atomic mass is 32.1. The van der Waals surface area contributed by atoms with Crippen molar-refractivity contribution < 1.29 is 9.90 Å². The van der Waals surface area contributed by atoms with Gasteiger partial charge in [-0.05, 0) is 19.3 Å². The molecule has 3 nitrogen and oxygen atoms in total. The fraction of sp³-hybridized carbons (Fsp3) is 0.900. The van der Waals surface area contributed by atoms with Crippen LogP contribution in [0.1, 0.15) is 27.2 Å². The monoisotopic (exact) mass is 219 g/mol. The molecule has 0 fully saturated rings. The van der Waals surface area contributed by atoms with Crippen molar-refractivity contribution in [2.75, 3.05) is 19.7 Å². The molecule has 4 heteroatoms. The van der Waals surface area contributed by atoms with E-state index in [2.05, 4.69) is 12.6 Å². The highest BCUT2D eigenvalue weighted by Crippen LogP contribution is 2.12. The number of carbonyl (C=O) groups excluding carboxylic acids is 1. The third kappa shape index (κ3) is 4.33. The first-order valence-electron chi connectivity index (χ1n) is 5.12. The van der Waals surface area contributed by atoms with E-state index < -0.39 is 0 Å². The Bertz CT molecular complexity index is 174. The smallest absolute Gasteiger partial charge is 0.235 e. The van der Waals surface area contributed by atoms with Crippen LogP contribution >= 0.6 is 12.6 Å². The molecule has 0 aromatic rings. The summed E-state index contributed by atoms with van der Waals surface area (Å²) in [6, 6.07) is 0. The van der Waals surface area contributed by atoms with Gasteiger partial charge in [0.2, 0.25) is 5.91 Å². The van der Waals surface area contributed by atoms with Crippen molar-refractivity contribution in [1.82, 2.24) is 4.90 Å². The zero-order valence-electron chi connectivity index (χ0n) is 9.23. The van der Waals surface area contributed by atoms with Gasteiger partial charge in [0.25, 0.3) is 0 Å². The van der Waals surface area contributed by atoms with Crippen molar-refractivity contribution in [3.8, 4) is 0 Å². The minimum absolute atomic E-state index is 0.0688. The summed E-state index contributed by atoms with van der Waals surface area (Å²) in [4.78, 5) is 13.5. The first-order chi connectivity index (χ1) is 6.54. The Hall–Kier alpha value is -0.220. The van der Waals surface area contributed by atoms with Crippen molar-refractivity contribution in [2.45, 2.75) is 32.4 Å². The molecule has 0 saturated carbocycles. The minimum atomic E-state index is -0.228. The van der Waals surface area contributed by atoms with Gasteiger partial charge in [-0.1, -0.05) is 13.8 Å². The lowest BCUT2D eigenvalue weighted by atomic mass is 10.1. The van der Waals surface area contributed by atoms with E-state index in [0.717, 1.165) is 0 Å². The van der Waals surface area contributed by atoms with Crippen LogP contribution in [-0.2, 0) is 4.79 Å². The van der Waals surface area contributed by atoms with Gasteiger partial charge in [0.15, 0.2) is 0 Å². The number of aliphatic hydroxyl groups is 1. The molecule has 0 radical (unpaired) electrons. The molecule has 1 amide bonds. The van der Waals surface area contributed by atoms with Gasteiger partial charge in [0.1, 0.15) is 0 Å². The lowest BCUT2D eigenvalue weighted by molar-refractivity contribution is -0.131. The van der Waals surface area contributed by atoms with Crippen LogP contribution < -0.4 is 0 Å². The van der Waals surface area contributed by atoms with E-state index in [1.165, 1.54) is 0 Å². The Kier molecular flexibility index (Phi) is 7.01. The van der Waals surface area contributed by atoms with E-state index in [4.69, 9.17) is 5.11 Å². The summed E-state index contributed by atoms with van der Waals surface area (Å²) < 4.78 is 0. The van der Waals surface area contributed by atoms with E-state index in [1.54, 1.807) is 4.90 Å². The van der Waals surface area contributed by atoms with Crippen molar-refractivity contribution in [1.29, 1.82) is 0 Å². The molecule has 0 aliphatic rings. The molecule has 0 heterocycles. The van der Waals surface area contributed by atoms with Crippen LogP contribution in [0, 0.1) is 5.92 Å². The summed E-state index contributed by atoms with van der Waals surface area (Å²) in [6.45, 7) is 7.34. The van der Waals surface area contributed by atoms with Gasteiger partial charge < -0.3 is 10.0 Å². The lowest BCUT2D eigenvalue weighted by Gasteiger charge is -2.25. The fourth-order valence-electron chi connectivity index (χ4n) is 1.16. The minimum Gasteiger partial charge on any atom is -0.396 e. The Morgan fingerprint density at radius 3 is 2.43 bits per heavy atom. The van der Waals surface area contributed by atoms with Gasteiger partial charge in [-0.15, -0.1) is 0 Å². The average Bonchev–Trinajstić information content (AvgIpc) is 2.17. The summed E-state index contributed by atoms with van der Waals surface area (Å²) in [7, 11) is 0. The van der Waals surface area contributed by atoms with Gasteiger partial charge >= 0.3 is 0 Å². The van der Waals surface area contributed by atoms with Gasteiger partial charge in [0, 0.05) is 19.7 Å². The Morgan fingerprint density at radius 2 is 2.07 bits per heavy atom. The van der Waals surface area contributed by atoms with Crippen LogP contribution in [-0.4, -0.2) is 40.9 Å². The molecule has 1 unspecified atom stereocenters. The second-order valence-corrected chi connectivity index (χ2v) is 4.24. The van der Waals surface area contributed by atoms with Gasteiger partial charge in [0.05, 0.1) is 5.25 Å². The van der Waals surface area contributed by atoms with E-state index >= 15 is 0 Å². The first-order valence-corrected chi connectivity index (χ1v) is 5.63. The van der Waals surface area contributed by atoms with Crippen molar-refractivity contribution in [2.24, 2.45) is 5.92 Å². The summed E-state index contributed by atoms with van der Waals surface area (Å²) >= 11 is 4.28. The summed E-state index contributed by atoms with van der Waals surface area (Å²) in [5.41, 5.74) is 0. The van der Waals surface area contributed by atoms with Crippen LogP contribution in [0.15, 0.2) is 0 Å². The van der Waals surface area contributed by atoms with E-state index in [1.807, 2.05) is 20.8 Å². The Labute approximate surface area is 91.9 Å². The maximum absolute atomic E-state index is 11.8. The van der Waals surface area contributed by atoms with Crippen LogP contribution in [0.5, 0.6) is 0 Å². The molecule has 1 N–H and O–H groups in total. The van der Waals surface area contributed by atoms with Gasteiger partial charge in [-0.25, -0.2) is 0 Å². The number of rotatable bonds is 6. The predicted octanol–water partition coefficient (Wildman–Crippen LogP) is 1.17. The topological polar surface area (TPSA) is 40.5 Å². The van der Waals surface area contributed by atoms with Crippen molar-refractivity contribution >= 4 is 18.5 Å². The van der Waals surface area contributed by atoms with E-state index in [9.17, 15) is 4.79 Å². The quantitative estimate of drug-likeness (QED) is 0.658. The number of aliphatic hydroxyl groups excluding tert-OH is 1. The SMILES string of the molecule is CCN(CCCO)C(=O)C(S)C(C)C. The third-order valence-corrected chi connectivity index (χ3v) is 2.98. The van der Waals surface area contributed by atoms with Crippen molar-refractivity contribution in [3.05, 3.63) is 0 Å². The number of amides is 1. The average molecular weight is 219 g/mol. The normalized spacial score (nSPS) is 13.0. The fourth-order valence-corrected chi connectivity index (χ4v) is 1.32. The van der Waals surface area contributed by atoms with Crippen LogP contribution in [0.4, 0.5) is 0 Å². The van der Waals surface area contributed by atoms with Gasteiger partial charge in [-0.3, -0.25) is 4.79 Å². The second-order valence-electron chi connectivity index (χ2n) is 3.68. The third-order valence-electron chi connectivity index (χ3n) is 2.16. The number of carbonyl (C=O) groups is 1. The maximum Gasteiger partial charge on any atom is 0.235 e. The summed E-state index contributed by atoms with van der Waals surface area (Å²) in [5.74, 6) is 0.313. The van der Waals surface area contributed by atoms with Crippen molar-refractivity contribution in [3.63, 3.8) is 0 Å². The van der Waals surface area contributed by atoms with Crippen LogP contribution in [0.2, 0.25) is 0 Å². The molecule has 1 atom stereocenters. The Balaban J connectivity index is 4.16. The zero-order valence-corrected chi connectivity index (χ0v) is 10.1. The molecule has 0 spiro atoms. The van der Waals surface area contributed by atoms with Gasteiger partial charge in [-0.2, -0.15) is 12.6 Å². The molecule has 0 rings (SSSR count). The molecule has 0 aromatic carbocycles. The van der Waals surface area contributed by atoms with E-state index in [-0.39, 0.29) is 23.7 Å². The molecule has 0 aromatic heterocycles. The first kappa shape index (κ1) is 13.8. The molecular formula is C10H21NO2S. The maximum atomic E-state index is 11.8. The number of hydrogen-bond donors (Lipinski definition) is 2. The summed E-state index contributed by atoms with van der Waals surface area (Å²) in [5, 5.41) is 8.46. The standard InChI is InChI=1S/C10H21NO2S/c1-4-11(6-5-7-12)10(13)9(14)8(2)3/h8-9,12,14H,4-7H2,1-3H3. The highest BCUT2D eigenvalue weighted by molar-refractivity contribution is 7.81. The molecule has 14 heavy (non-hydrogen) atoms. The Morgan fingerprint density at radius 1 is 1.50 bits per heavy atom. The zero-order chi connectivity index (χ0) is 11.1. The van der Waals surface area contributed by atoms with Crippen LogP contribution in [0.3, 0.4) is 0 Å². The number of nitrogens with zero attached hydrogens (tertiary/aromatic N) is 1. The second kappa shape index (κ2) is 7.12. The van der Waals surface area contributed by atoms with E-state index in [0.29, 0.717) is 19.5 Å². The molecule has 0 saturated heterocycles. The van der Waals surface area contributed by atoms with Crippen LogP contribution in [0.25, 0.3) is 0 Å². The molecule has 0 aliphatic heterocycles. The highest BCUT2D eigenvalue weighted by Gasteiger charge is 2.22. The number of hydrogen-bond acceptors (Lipinski definition) is 3.